The van der Waals surface area contributed by atoms with E-state index < -0.39 is 55.2 Å². The molecule has 128 valence electrons. The van der Waals surface area contributed by atoms with Crippen molar-refractivity contribution in [1.82, 2.24) is 0 Å². The summed E-state index contributed by atoms with van der Waals surface area (Å²) in [6, 6.07) is 0. The molecule has 1 fully saturated rings. The quantitative estimate of drug-likeness (QED) is 0.230. The molecule has 0 amide bonds. The predicted molar refractivity (Wildman–Crippen MR) is 71.6 cm³/mol. The minimum absolute atomic E-state index is 0.414. The van der Waals surface area contributed by atoms with Gasteiger partial charge in [-0.3, -0.25) is 14.4 Å². The molecule has 11 heteroatoms. The normalized spacial score (nSPS) is 29.3. The largest absolute Gasteiger partial charge is 0.463 e. The lowest BCUT2D eigenvalue weighted by atomic mass is 9.92. The third-order valence-electron chi connectivity index (χ3n) is 3.00. The summed E-state index contributed by atoms with van der Waals surface area (Å²) in [5.74, 6) is -2.16. The van der Waals surface area contributed by atoms with E-state index in [1.807, 2.05) is 0 Å². The fourth-order valence-corrected chi connectivity index (χ4v) is 2.07. The molecule has 23 heavy (non-hydrogen) atoms. The fraction of sp³-hybridized carbons (Fsp3) is 0.750. The van der Waals surface area contributed by atoms with E-state index in [1.54, 1.807) is 0 Å². The maximum absolute atomic E-state index is 11.2. The summed E-state index contributed by atoms with van der Waals surface area (Å²) >= 11 is 0. The van der Waals surface area contributed by atoms with Crippen LogP contribution in [0.5, 0.6) is 0 Å². The molecule has 0 radical (unpaired) electrons. The van der Waals surface area contributed by atoms with E-state index in [1.165, 1.54) is 0 Å². The van der Waals surface area contributed by atoms with Gasteiger partial charge in [0.25, 0.3) is 0 Å². The highest BCUT2D eigenvalue weighted by atomic mass is 16.7. The van der Waals surface area contributed by atoms with Gasteiger partial charge < -0.3 is 24.1 Å². The molecule has 0 spiro atoms. The summed E-state index contributed by atoms with van der Waals surface area (Å²) in [5, 5.41) is 14.0. The molecule has 1 aliphatic heterocycles. The number of hydrogen-bond donors (Lipinski definition) is 1. The van der Waals surface area contributed by atoms with Crippen molar-refractivity contribution in [2.45, 2.75) is 44.9 Å². The Morgan fingerprint density at radius 1 is 1.22 bits per heavy atom. The average molecular weight is 331 g/mol. The molecule has 0 aromatic rings. The molecule has 0 saturated carbocycles. The summed E-state index contributed by atoms with van der Waals surface area (Å²) in [6.45, 7) is 2.36. The first-order chi connectivity index (χ1) is 10.7. The van der Waals surface area contributed by atoms with Crippen LogP contribution in [0.2, 0.25) is 0 Å². The number of rotatable bonds is 6. The fourth-order valence-electron chi connectivity index (χ4n) is 2.07. The van der Waals surface area contributed by atoms with Gasteiger partial charge in [-0.2, -0.15) is 0 Å². The van der Waals surface area contributed by atoms with Crippen LogP contribution in [0.15, 0.2) is 5.11 Å². The zero-order valence-electron chi connectivity index (χ0n) is 12.8. The van der Waals surface area contributed by atoms with Crippen molar-refractivity contribution >= 4 is 17.9 Å². The van der Waals surface area contributed by atoms with Crippen LogP contribution in [-0.2, 0) is 33.3 Å². The molecule has 0 aliphatic carbocycles. The van der Waals surface area contributed by atoms with Gasteiger partial charge in [0, 0.05) is 25.7 Å². The lowest BCUT2D eigenvalue weighted by Gasteiger charge is -2.30. The Kier molecular flexibility index (Phi) is 6.31. The van der Waals surface area contributed by atoms with Gasteiger partial charge in [0.1, 0.15) is 18.3 Å². The van der Waals surface area contributed by atoms with E-state index in [4.69, 9.17) is 24.5 Å². The molecule has 0 aromatic heterocycles. The molecule has 1 heterocycles. The van der Waals surface area contributed by atoms with E-state index in [0.29, 0.717) is 0 Å². The maximum atomic E-state index is 11.2. The topological polar surface area (TPSA) is 157 Å². The van der Waals surface area contributed by atoms with Crippen molar-refractivity contribution in [2.24, 2.45) is 5.11 Å². The molecular formula is C12H17N3O8. The van der Waals surface area contributed by atoms with Gasteiger partial charge in [0.05, 0.1) is 6.54 Å². The van der Waals surface area contributed by atoms with Gasteiger partial charge in [0.2, 0.25) is 6.29 Å². The Morgan fingerprint density at radius 2 is 1.83 bits per heavy atom. The van der Waals surface area contributed by atoms with Crippen molar-refractivity contribution in [3.63, 3.8) is 0 Å². The lowest BCUT2D eigenvalue weighted by molar-refractivity contribution is -0.197. The first-order valence-electron chi connectivity index (χ1n) is 6.57. The van der Waals surface area contributed by atoms with Crippen LogP contribution >= 0.6 is 0 Å². The first-order valence-corrected chi connectivity index (χ1v) is 6.57. The van der Waals surface area contributed by atoms with E-state index >= 15 is 0 Å². The van der Waals surface area contributed by atoms with E-state index in [2.05, 4.69) is 10.0 Å². The number of ether oxygens (including phenoxy) is 4. The summed E-state index contributed by atoms with van der Waals surface area (Å²) < 4.78 is 19.9. The van der Waals surface area contributed by atoms with Gasteiger partial charge in [0.15, 0.2) is 6.10 Å². The second-order valence-electron chi connectivity index (χ2n) is 4.82. The molecule has 0 bridgehead atoms. The first kappa shape index (κ1) is 18.7. The van der Waals surface area contributed by atoms with Crippen molar-refractivity contribution < 1.29 is 38.4 Å². The van der Waals surface area contributed by atoms with E-state index in [9.17, 15) is 19.5 Å². The molecule has 1 rings (SSSR count). The monoisotopic (exact) mass is 331 g/mol. The van der Waals surface area contributed by atoms with Crippen LogP contribution in [0.25, 0.3) is 10.4 Å². The number of aliphatic hydroxyl groups is 1. The number of carbonyl (C=O) groups is 3. The van der Waals surface area contributed by atoms with Crippen molar-refractivity contribution in [3.05, 3.63) is 10.4 Å². The summed E-state index contributed by atoms with van der Waals surface area (Å²) in [5.41, 5.74) is 6.42. The SMILES string of the molecule is CC(=O)OC[C@H]1OC(OC(C)=O)[C@H](OC(C)=O)[C@]1(O)CN=[N+]=[N-]. The highest BCUT2D eigenvalue weighted by molar-refractivity contribution is 5.67. The van der Waals surface area contributed by atoms with Gasteiger partial charge in [-0.1, -0.05) is 5.11 Å². The number of hydrogen-bond acceptors (Lipinski definition) is 9. The smallest absolute Gasteiger partial charge is 0.305 e. The minimum Gasteiger partial charge on any atom is -0.463 e. The van der Waals surface area contributed by atoms with Crippen LogP contribution in [0.1, 0.15) is 20.8 Å². The number of carbonyl (C=O) groups excluding carboxylic acids is 3. The summed E-state index contributed by atoms with van der Waals surface area (Å²) in [7, 11) is 0. The number of nitrogens with zero attached hydrogens (tertiary/aromatic N) is 3. The lowest BCUT2D eigenvalue weighted by Crippen LogP contribution is -2.54. The Hall–Kier alpha value is -2.36. The highest BCUT2D eigenvalue weighted by Crippen LogP contribution is 2.35. The minimum atomic E-state index is -2.03. The average Bonchev–Trinajstić information content (AvgIpc) is 2.67. The van der Waals surface area contributed by atoms with Crippen LogP contribution in [0.3, 0.4) is 0 Å². The van der Waals surface area contributed by atoms with E-state index in [-0.39, 0.29) is 0 Å². The second kappa shape index (κ2) is 7.77. The van der Waals surface area contributed by atoms with Crippen LogP contribution in [-0.4, -0.2) is 60.3 Å². The van der Waals surface area contributed by atoms with Crippen molar-refractivity contribution in [3.8, 4) is 0 Å². The van der Waals surface area contributed by atoms with Crippen LogP contribution in [0, 0.1) is 0 Å². The number of esters is 3. The van der Waals surface area contributed by atoms with Crippen molar-refractivity contribution in [2.75, 3.05) is 13.2 Å². The van der Waals surface area contributed by atoms with Crippen LogP contribution in [0.4, 0.5) is 0 Å². The molecule has 1 saturated heterocycles. The Morgan fingerprint density at radius 3 is 2.30 bits per heavy atom. The summed E-state index contributed by atoms with van der Waals surface area (Å²) in [6.07, 6.45) is -4.11. The van der Waals surface area contributed by atoms with Gasteiger partial charge >= 0.3 is 17.9 Å². The predicted octanol–water partition coefficient (Wildman–Crippen LogP) is -0.189. The second-order valence-corrected chi connectivity index (χ2v) is 4.82. The third-order valence-corrected chi connectivity index (χ3v) is 3.00. The standard InChI is InChI=1S/C12H17N3O8/c1-6(16)20-4-9-12(19,5-14-15-13)10(21-7(2)17)11(23-9)22-8(3)18/h9-11,19H,4-5H2,1-3H3/t9-,10+,11?,12+/m1/s1. The molecule has 0 aromatic carbocycles. The summed E-state index contributed by atoms with van der Waals surface area (Å²) in [4.78, 5) is 35.8. The zero-order chi connectivity index (χ0) is 17.6. The Labute approximate surface area is 131 Å². The maximum Gasteiger partial charge on any atom is 0.305 e. The number of azide groups is 1. The van der Waals surface area contributed by atoms with Gasteiger partial charge in [-0.25, -0.2) is 0 Å². The molecule has 1 N–H and O–H groups in total. The van der Waals surface area contributed by atoms with Crippen molar-refractivity contribution in [1.29, 1.82) is 0 Å². The Bertz CT molecular complexity index is 532. The van der Waals surface area contributed by atoms with E-state index in [0.717, 1.165) is 20.8 Å². The molecule has 1 unspecified atom stereocenters. The van der Waals surface area contributed by atoms with Gasteiger partial charge in [-0.05, 0) is 5.53 Å². The zero-order valence-corrected chi connectivity index (χ0v) is 12.8. The van der Waals surface area contributed by atoms with Gasteiger partial charge in [-0.15, -0.1) is 0 Å². The highest BCUT2D eigenvalue weighted by Gasteiger charge is 2.59. The Balaban J connectivity index is 3.11. The molecular weight excluding hydrogens is 314 g/mol. The van der Waals surface area contributed by atoms with Crippen LogP contribution < -0.4 is 0 Å². The molecule has 11 nitrogen and oxygen atoms in total. The molecule has 1 aliphatic rings. The molecule has 4 atom stereocenters. The third kappa shape index (κ3) is 4.81.